The second kappa shape index (κ2) is 11.7. The SMILES string of the molecule is COc1ccc(S(=O)(=O)N(C)c2ccc(C(=O)NCCSC3CCCCC3)cc2)cc1OC. The summed E-state index contributed by atoms with van der Waals surface area (Å²) in [5, 5.41) is 3.67. The van der Waals surface area contributed by atoms with E-state index >= 15 is 0 Å². The number of rotatable bonds is 10. The Morgan fingerprint density at radius 2 is 1.70 bits per heavy atom. The minimum absolute atomic E-state index is 0.0833. The van der Waals surface area contributed by atoms with Crippen LogP contribution in [0.1, 0.15) is 42.5 Å². The zero-order valence-corrected chi connectivity index (χ0v) is 21.0. The average Bonchev–Trinajstić information content (AvgIpc) is 2.86. The molecular weight excluding hydrogens is 460 g/mol. The normalized spacial score (nSPS) is 14.5. The molecule has 0 spiro atoms. The molecule has 0 heterocycles. The Balaban J connectivity index is 1.59. The zero-order valence-electron chi connectivity index (χ0n) is 19.4. The van der Waals surface area contributed by atoms with Gasteiger partial charge in [0.1, 0.15) is 0 Å². The summed E-state index contributed by atoms with van der Waals surface area (Å²) in [6.07, 6.45) is 6.52. The number of nitrogens with one attached hydrogen (secondary N) is 1. The molecule has 0 bridgehead atoms. The van der Waals surface area contributed by atoms with E-state index in [4.69, 9.17) is 9.47 Å². The fourth-order valence-corrected chi connectivity index (χ4v) is 6.25. The van der Waals surface area contributed by atoms with E-state index < -0.39 is 10.0 Å². The van der Waals surface area contributed by atoms with Crippen LogP contribution in [0.25, 0.3) is 0 Å². The molecule has 0 unspecified atom stereocenters. The lowest BCUT2D eigenvalue weighted by atomic mass is 10.0. The number of carbonyl (C=O) groups excluding carboxylic acids is 1. The second-order valence-corrected chi connectivity index (χ2v) is 11.3. The molecule has 33 heavy (non-hydrogen) atoms. The van der Waals surface area contributed by atoms with Crippen molar-refractivity contribution in [1.82, 2.24) is 5.32 Å². The molecule has 0 saturated heterocycles. The van der Waals surface area contributed by atoms with Gasteiger partial charge in [-0.15, -0.1) is 0 Å². The van der Waals surface area contributed by atoms with Crippen LogP contribution in [0.5, 0.6) is 11.5 Å². The van der Waals surface area contributed by atoms with Gasteiger partial charge < -0.3 is 14.8 Å². The summed E-state index contributed by atoms with van der Waals surface area (Å²) in [6, 6.07) is 11.0. The van der Waals surface area contributed by atoms with Crippen LogP contribution < -0.4 is 19.1 Å². The van der Waals surface area contributed by atoms with Gasteiger partial charge in [-0.2, -0.15) is 11.8 Å². The van der Waals surface area contributed by atoms with Gasteiger partial charge in [0, 0.05) is 36.2 Å². The summed E-state index contributed by atoms with van der Waals surface area (Å²) in [7, 11) is 0.606. The van der Waals surface area contributed by atoms with Crippen LogP contribution in [-0.4, -0.2) is 53.1 Å². The van der Waals surface area contributed by atoms with Crippen LogP contribution in [0, 0.1) is 0 Å². The van der Waals surface area contributed by atoms with Crippen molar-refractivity contribution in [2.75, 3.05) is 37.9 Å². The van der Waals surface area contributed by atoms with E-state index in [2.05, 4.69) is 5.32 Å². The molecule has 9 heteroatoms. The molecule has 0 radical (unpaired) electrons. The number of anilines is 1. The van der Waals surface area contributed by atoms with E-state index in [1.165, 1.54) is 69.8 Å². The topological polar surface area (TPSA) is 84.9 Å². The van der Waals surface area contributed by atoms with Crippen molar-refractivity contribution in [3.63, 3.8) is 0 Å². The first kappa shape index (κ1) is 25.2. The Hall–Kier alpha value is -2.39. The molecule has 7 nitrogen and oxygen atoms in total. The van der Waals surface area contributed by atoms with Gasteiger partial charge in [-0.3, -0.25) is 9.10 Å². The lowest BCUT2D eigenvalue weighted by Gasteiger charge is -2.21. The van der Waals surface area contributed by atoms with Crippen molar-refractivity contribution in [2.24, 2.45) is 0 Å². The van der Waals surface area contributed by atoms with Crippen molar-refractivity contribution in [2.45, 2.75) is 42.2 Å². The number of thioether (sulfide) groups is 1. The predicted octanol–water partition coefficient (Wildman–Crippen LogP) is 4.32. The summed E-state index contributed by atoms with van der Waals surface area (Å²) in [4.78, 5) is 12.5. The molecule has 1 amide bonds. The van der Waals surface area contributed by atoms with Gasteiger partial charge >= 0.3 is 0 Å². The van der Waals surface area contributed by atoms with Gasteiger partial charge in [0.25, 0.3) is 15.9 Å². The second-order valence-electron chi connectivity index (χ2n) is 7.92. The fourth-order valence-electron chi connectivity index (χ4n) is 3.82. The Bertz CT molecular complexity index is 1040. The maximum absolute atomic E-state index is 13.1. The van der Waals surface area contributed by atoms with E-state index in [0.29, 0.717) is 29.3 Å². The number of hydrogen-bond acceptors (Lipinski definition) is 6. The molecule has 0 aromatic heterocycles. The number of benzene rings is 2. The number of ether oxygens (including phenoxy) is 2. The smallest absolute Gasteiger partial charge is 0.264 e. The third kappa shape index (κ3) is 6.35. The highest BCUT2D eigenvalue weighted by Crippen LogP contribution is 2.32. The lowest BCUT2D eigenvalue weighted by molar-refractivity contribution is 0.0956. The molecule has 2 aromatic carbocycles. The molecule has 0 atom stereocenters. The molecule has 2 aromatic rings. The Morgan fingerprint density at radius 1 is 1.03 bits per heavy atom. The number of sulfonamides is 1. The Morgan fingerprint density at radius 3 is 2.33 bits per heavy atom. The van der Waals surface area contributed by atoms with Gasteiger partial charge in [0.15, 0.2) is 11.5 Å². The van der Waals surface area contributed by atoms with Crippen LogP contribution in [0.4, 0.5) is 5.69 Å². The first-order chi connectivity index (χ1) is 15.9. The van der Waals surface area contributed by atoms with Gasteiger partial charge in [-0.25, -0.2) is 8.42 Å². The van der Waals surface area contributed by atoms with Crippen molar-refractivity contribution in [3.8, 4) is 11.5 Å². The van der Waals surface area contributed by atoms with E-state index in [9.17, 15) is 13.2 Å². The van der Waals surface area contributed by atoms with Crippen molar-refractivity contribution >= 4 is 33.4 Å². The van der Waals surface area contributed by atoms with E-state index in [0.717, 1.165) is 11.0 Å². The summed E-state index contributed by atoms with van der Waals surface area (Å²) in [5.41, 5.74) is 0.951. The van der Waals surface area contributed by atoms with E-state index in [-0.39, 0.29) is 10.8 Å². The van der Waals surface area contributed by atoms with Crippen LogP contribution >= 0.6 is 11.8 Å². The maximum Gasteiger partial charge on any atom is 0.264 e. The van der Waals surface area contributed by atoms with Crippen LogP contribution in [0.3, 0.4) is 0 Å². The summed E-state index contributed by atoms with van der Waals surface area (Å²) in [6.45, 7) is 0.620. The van der Waals surface area contributed by atoms with Crippen LogP contribution in [-0.2, 0) is 10.0 Å². The Kier molecular flexibility index (Phi) is 8.91. The van der Waals surface area contributed by atoms with Crippen molar-refractivity contribution in [1.29, 1.82) is 0 Å². The molecule has 1 aliphatic rings. The third-order valence-corrected chi connectivity index (χ3v) is 8.96. The van der Waals surface area contributed by atoms with Crippen LogP contribution in [0.2, 0.25) is 0 Å². The number of hydrogen-bond donors (Lipinski definition) is 1. The summed E-state index contributed by atoms with van der Waals surface area (Å²) in [5.74, 6) is 1.53. The zero-order chi connectivity index (χ0) is 23.8. The average molecular weight is 493 g/mol. The van der Waals surface area contributed by atoms with Crippen molar-refractivity contribution < 1.29 is 22.7 Å². The highest BCUT2D eigenvalue weighted by atomic mass is 32.2. The minimum Gasteiger partial charge on any atom is -0.493 e. The number of nitrogens with zero attached hydrogens (tertiary/aromatic N) is 1. The van der Waals surface area contributed by atoms with Gasteiger partial charge in [0.2, 0.25) is 0 Å². The first-order valence-electron chi connectivity index (χ1n) is 11.1. The molecule has 3 rings (SSSR count). The van der Waals surface area contributed by atoms with Crippen LogP contribution in [0.15, 0.2) is 47.4 Å². The largest absolute Gasteiger partial charge is 0.493 e. The highest BCUT2D eigenvalue weighted by Gasteiger charge is 2.23. The quantitative estimate of drug-likeness (QED) is 0.497. The first-order valence-corrected chi connectivity index (χ1v) is 13.6. The number of methoxy groups -OCH3 is 2. The lowest BCUT2D eigenvalue weighted by Crippen LogP contribution is -2.28. The van der Waals surface area contributed by atoms with Crippen molar-refractivity contribution in [3.05, 3.63) is 48.0 Å². The molecule has 180 valence electrons. The predicted molar refractivity (Wildman–Crippen MR) is 133 cm³/mol. The molecule has 0 aliphatic heterocycles. The monoisotopic (exact) mass is 492 g/mol. The van der Waals surface area contributed by atoms with E-state index in [1.54, 1.807) is 30.3 Å². The molecule has 1 fully saturated rings. The fraction of sp³-hybridized carbons (Fsp3) is 0.458. The minimum atomic E-state index is -3.82. The number of amides is 1. The van der Waals surface area contributed by atoms with Gasteiger partial charge in [-0.1, -0.05) is 19.3 Å². The maximum atomic E-state index is 13.1. The molecule has 1 N–H and O–H groups in total. The molecular formula is C24H32N2O5S2. The summed E-state index contributed by atoms with van der Waals surface area (Å²) < 4.78 is 37.7. The third-order valence-electron chi connectivity index (χ3n) is 5.80. The standard InChI is InChI=1S/C24H32N2O5S2/c1-26(33(28,29)21-13-14-22(30-2)23(17-21)31-3)19-11-9-18(10-12-19)24(27)25-15-16-32-20-7-5-4-6-8-20/h9-14,17,20H,4-8,15-16H2,1-3H3,(H,25,27). The molecule has 1 aliphatic carbocycles. The van der Waals surface area contributed by atoms with Gasteiger partial charge in [-0.05, 0) is 49.2 Å². The summed E-state index contributed by atoms with van der Waals surface area (Å²) >= 11 is 1.94. The number of carbonyl (C=O) groups is 1. The highest BCUT2D eigenvalue weighted by molar-refractivity contribution is 7.99. The van der Waals surface area contributed by atoms with E-state index in [1.807, 2.05) is 11.8 Å². The Labute approximate surface area is 200 Å². The van der Waals surface area contributed by atoms with Gasteiger partial charge in [0.05, 0.1) is 24.8 Å². The molecule has 1 saturated carbocycles.